The van der Waals surface area contributed by atoms with E-state index in [1.807, 2.05) is 18.2 Å². The maximum atomic E-state index is 12.1. The first kappa shape index (κ1) is 21.6. The van der Waals surface area contributed by atoms with Crippen molar-refractivity contribution in [1.82, 2.24) is 10.3 Å². The number of thiazole rings is 1. The SMILES string of the molecule is Cl.NCCc1nc(C(=O)NCCCS(=O)(=O)Cc2ccccc2)cs1. The van der Waals surface area contributed by atoms with Gasteiger partial charge in [-0.25, -0.2) is 13.4 Å². The molecular formula is C16H22ClN3O3S2. The first-order valence-electron chi connectivity index (χ1n) is 7.67. The number of hydrogen-bond acceptors (Lipinski definition) is 6. The summed E-state index contributed by atoms with van der Waals surface area (Å²) >= 11 is 1.40. The van der Waals surface area contributed by atoms with E-state index in [1.165, 1.54) is 11.3 Å². The van der Waals surface area contributed by atoms with Gasteiger partial charge in [0.05, 0.1) is 16.5 Å². The number of carbonyl (C=O) groups excluding carboxylic acids is 1. The van der Waals surface area contributed by atoms with Crippen LogP contribution in [0.1, 0.15) is 27.5 Å². The smallest absolute Gasteiger partial charge is 0.270 e. The molecule has 138 valence electrons. The van der Waals surface area contributed by atoms with Crippen molar-refractivity contribution in [3.8, 4) is 0 Å². The first-order chi connectivity index (χ1) is 11.5. The van der Waals surface area contributed by atoms with Crippen LogP contribution in [0, 0.1) is 0 Å². The number of amides is 1. The van der Waals surface area contributed by atoms with Gasteiger partial charge >= 0.3 is 0 Å². The van der Waals surface area contributed by atoms with E-state index in [4.69, 9.17) is 5.73 Å². The molecule has 1 amide bonds. The Morgan fingerprint density at radius 1 is 1.24 bits per heavy atom. The molecule has 0 spiro atoms. The van der Waals surface area contributed by atoms with E-state index in [-0.39, 0.29) is 29.8 Å². The molecule has 0 aliphatic rings. The Labute approximate surface area is 158 Å². The summed E-state index contributed by atoms with van der Waals surface area (Å²) in [4.78, 5) is 16.1. The van der Waals surface area contributed by atoms with Crippen LogP contribution in [0.5, 0.6) is 0 Å². The van der Waals surface area contributed by atoms with Crippen molar-refractivity contribution in [1.29, 1.82) is 0 Å². The van der Waals surface area contributed by atoms with Crippen LogP contribution in [-0.4, -0.2) is 38.2 Å². The van der Waals surface area contributed by atoms with E-state index in [0.29, 0.717) is 31.6 Å². The van der Waals surface area contributed by atoms with Gasteiger partial charge in [-0.05, 0) is 18.5 Å². The zero-order valence-corrected chi connectivity index (χ0v) is 16.1. The molecule has 2 aromatic rings. The lowest BCUT2D eigenvalue weighted by Gasteiger charge is -2.05. The van der Waals surface area contributed by atoms with Gasteiger partial charge in [-0.2, -0.15) is 0 Å². The second kappa shape index (κ2) is 10.5. The van der Waals surface area contributed by atoms with Crippen LogP contribution in [0.3, 0.4) is 0 Å². The minimum Gasteiger partial charge on any atom is -0.351 e. The number of nitrogens with zero attached hydrogens (tertiary/aromatic N) is 1. The van der Waals surface area contributed by atoms with Crippen molar-refractivity contribution >= 4 is 39.5 Å². The molecule has 2 rings (SSSR count). The van der Waals surface area contributed by atoms with Gasteiger partial charge in [-0.3, -0.25) is 4.79 Å². The molecule has 0 aliphatic carbocycles. The van der Waals surface area contributed by atoms with Gasteiger partial charge < -0.3 is 11.1 Å². The number of hydrogen-bond donors (Lipinski definition) is 2. The molecule has 0 fully saturated rings. The van der Waals surface area contributed by atoms with Crippen LogP contribution < -0.4 is 11.1 Å². The van der Waals surface area contributed by atoms with Crippen molar-refractivity contribution in [2.45, 2.75) is 18.6 Å². The Bertz CT molecular complexity index is 764. The van der Waals surface area contributed by atoms with Crippen LogP contribution in [0.2, 0.25) is 0 Å². The van der Waals surface area contributed by atoms with Crippen molar-refractivity contribution in [3.05, 3.63) is 52.0 Å². The average molecular weight is 404 g/mol. The molecule has 0 saturated heterocycles. The number of nitrogens with one attached hydrogen (secondary N) is 1. The Balaban J connectivity index is 0.00000312. The predicted octanol–water partition coefficient (Wildman–Crippen LogP) is 1.80. The van der Waals surface area contributed by atoms with E-state index in [2.05, 4.69) is 10.3 Å². The predicted molar refractivity (Wildman–Crippen MR) is 103 cm³/mol. The van der Waals surface area contributed by atoms with Crippen LogP contribution >= 0.6 is 23.7 Å². The largest absolute Gasteiger partial charge is 0.351 e. The Hall–Kier alpha value is -1.48. The summed E-state index contributed by atoms with van der Waals surface area (Å²) < 4.78 is 24.1. The molecule has 9 heteroatoms. The Morgan fingerprint density at radius 3 is 2.64 bits per heavy atom. The number of aromatic nitrogens is 1. The van der Waals surface area contributed by atoms with E-state index in [9.17, 15) is 13.2 Å². The monoisotopic (exact) mass is 403 g/mol. The molecule has 6 nitrogen and oxygen atoms in total. The highest BCUT2D eigenvalue weighted by Gasteiger charge is 2.13. The molecule has 0 unspecified atom stereocenters. The molecule has 3 N–H and O–H groups in total. The lowest BCUT2D eigenvalue weighted by molar-refractivity contribution is 0.0949. The van der Waals surface area contributed by atoms with E-state index >= 15 is 0 Å². The van der Waals surface area contributed by atoms with Gasteiger partial charge in [0, 0.05) is 18.3 Å². The van der Waals surface area contributed by atoms with Crippen molar-refractivity contribution in [3.63, 3.8) is 0 Å². The molecule has 25 heavy (non-hydrogen) atoms. The second-order valence-corrected chi connectivity index (χ2v) is 8.48. The lowest BCUT2D eigenvalue weighted by atomic mass is 10.2. The van der Waals surface area contributed by atoms with Crippen molar-refractivity contribution < 1.29 is 13.2 Å². The maximum Gasteiger partial charge on any atom is 0.270 e. The minimum absolute atomic E-state index is 0. The summed E-state index contributed by atoms with van der Waals surface area (Å²) in [5.74, 6) is -0.219. The number of sulfone groups is 1. The number of halogens is 1. The van der Waals surface area contributed by atoms with Gasteiger partial charge in [-0.15, -0.1) is 23.7 Å². The average Bonchev–Trinajstić information content (AvgIpc) is 3.01. The van der Waals surface area contributed by atoms with Gasteiger partial charge in [0.25, 0.3) is 5.91 Å². The third-order valence-corrected chi connectivity index (χ3v) is 5.88. The Morgan fingerprint density at radius 2 is 1.96 bits per heavy atom. The van der Waals surface area contributed by atoms with Crippen molar-refractivity contribution in [2.75, 3.05) is 18.8 Å². The molecule has 0 atom stereocenters. The molecule has 1 aromatic heterocycles. The van der Waals surface area contributed by atoms with Gasteiger partial charge in [-0.1, -0.05) is 30.3 Å². The van der Waals surface area contributed by atoms with Crippen LogP contribution in [0.25, 0.3) is 0 Å². The summed E-state index contributed by atoms with van der Waals surface area (Å²) in [6.07, 6.45) is 1.02. The number of nitrogens with two attached hydrogens (primary N) is 1. The lowest BCUT2D eigenvalue weighted by Crippen LogP contribution is -2.26. The normalized spacial score (nSPS) is 10.9. The topological polar surface area (TPSA) is 102 Å². The summed E-state index contributed by atoms with van der Waals surface area (Å²) in [6, 6.07) is 9.07. The highest BCUT2D eigenvalue weighted by atomic mass is 35.5. The summed E-state index contributed by atoms with van der Waals surface area (Å²) in [7, 11) is -3.18. The first-order valence-corrected chi connectivity index (χ1v) is 10.4. The van der Waals surface area contributed by atoms with Crippen LogP contribution in [-0.2, 0) is 22.0 Å². The van der Waals surface area contributed by atoms with E-state index < -0.39 is 9.84 Å². The zero-order valence-electron chi connectivity index (χ0n) is 13.7. The second-order valence-electron chi connectivity index (χ2n) is 5.35. The highest BCUT2D eigenvalue weighted by Crippen LogP contribution is 2.10. The fourth-order valence-electron chi connectivity index (χ4n) is 2.14. The molecule has 0 aliphatic heterocycles. The minimum atomic E-state index is -3.18. The maximum absolute atomic E-state index is 12.1. The molecular weight excluding hydrogens is 382 g/mol. The molecule has 1 aromatic carbocycles. The Kier molecular flexibility index (Phi) is 9.05. The summed E-state index contributed by atoms with van der Waals surface area (Å²) in [6.45, 7) is 0.796. The fraction of sp³-hybridized carbons (Fsp3) is 0.375. The molecule has 1 heterocycles. The third-order valence-electron chi connectivity index (χ3n) is 3.29. The quantitative estimate of drug-likeness (QED) is 0.621. The van der Waals surface area contributed by atoms with E-state index in [0.717, 1.165) is 10.6 Å². The number of benzene rings is 1. The fourth-order valence-corrected chi connectivity index (χ4v) is 4.36. The molecule has 0 radical (unpaired) electrons. The zero-order chi connectivity index (χ0) is 17.4. The number of carbonyl (C=O) groups is 1. The third kappa shape index (κ3) is 7.52. The van der Waals surface area contributed by atoms with E-state index in [1.54, 1.807) is 17.5 Å². The summed E-state index contributed by atoms with van der Waals surface area (Å²) in [5.41, 5.74) is 6.58. The van der Waals surface area contributed by atoms with Crippen LogP contribution in [0.4, 0.5) is 0 Å². The highest BCUT2D eigenvalue weighted by molar-refractivity contribution is 7.90. The standard InChI is InChI=1S/C16H21N3O3S2.ClH/c17-8-7-15-19-14(11-23-15)16(20)18-9-4-10-24(21,22)12-13-5-2-1-3-6-13;/h1-3,5-6,11H,4,7-10,12,17H2,(H,18,20);1H. The molecule has 0 bridgehead atoms. The molecule has 0 saturated carbocycles. The van der Waals surface area contributed by atoms with Gasteiger partial charge in [0.2, 0.25) is 0 Å². The van der Waals surface area contributed by atoms with Gasteiger partial charge in [0.1, 0.15) is 5.69 Å². The van der Waals surface area contributed by atoms with Crippen molar-refractivity contribution in [2.24, 2.45) is 5.73 Å². The van der Waals surface area contributed by atoms with Gasteiger partial charge in [0.15, 0.2) is 9.84 Å². The number of rotatable bonds is 9. The van der Waals surface area contributed by atoms with Crippen LogP contribution in [0.15, 0.2) is 35.7 Å². The summed E-state index contributed by atoms with van der Waals surface area (Å²) in [5, 5.41) is 5.21.